The quantitative estimate of drug-likeness (QED) is 0.188. The van der Waals surface area contributed by atoms with E-state index in [0.29, 0.717) is 11.1 Å². The van der Waals surface area contributed by atoms with E-state index in [1.807, 2.05) is 85.1 Å². The van der Waals surface area contributed by atoms with E-state index in [-0.39, 0.29) is 5.41 Å². The van der Waals surface area contributed by atoms with Crippen LogP contribution in [0.15, 0.2) is 158 Å². The molecule has 4 nitrogen and oxygen atoms in total. The fourth-order valence-corrected chi connectivity index (χ4v) is 7.61. The molecule has 8 aromatic rings. The summed E-state index contributed by atoms with van der Waals surface area (Å²) in [6.07, 6.45) is 2.25. The second-order valence-electron chi connectivity index (χ2n) is 13.2. The predicted octanol–water partition coefficient (Wildman–Crippen LogP) is 11.4. The van der Waals surface area contributed by atoms with Gasteiger partial charge in [-0.05, 0) is 76.9 Å². The number of rotatable bonds is 5. The van der Waals surface area contributed by atoms with Crippen LogP contribution >= 0.6 is 0 Å². The summed E-state index contributed by atoms with van der Waals surface area (Å²) in [5.74, 6) is 0.780. The molecule has 0 aliphatic carbocycles. The van der Waals surface area contributed by atoms with Crippen molar-refractivity contribution in [2.45, 2.75) is 25.4 Å². The highest BCUT2D eigenvalue weighted by Crippen LogP contribution is 2.55. The standard InChI is InChI=1S/C44H33FN4/c1-44(2)35-23-21-31(41(45)30-14-12-13-29(27-30)37-18-8-10-25-46-37)28-39(35)49(40-20-9-11-26-47-40)43-36(44)24-22-34-33-17-6-7-19-38(33)48(42(34)43)32-15-4-3-5-16-32/h3-28,41H,1-2H3. The van der Waals surface area contributed by atoms with Gasteiger partial charge in [-0.15, -0.1) is 0 Å². The zero-order chi connectivity index (χ0) is 33.1. The number of aromatic nitrogens is 3. The number of nitrogens with zero attached hydrogens (tertiary/aromatic N) is 4. The van der Waals surface area contributed by atoms with Crippen LogP contribution in [0.4, 0.5) is 21.6 Å². The number of benzene rings is 5. The Balaban J connectivity index is 1.30. The Bertz CT molecular complexity index is 2490. The molecular formula is C44H33FN4. The lowest BCUT2D eigenvalue weighted by Gasteiger charge is -2.42. The maximum Gasteiger partial charge on any atom is 0.150 e. The summed E-state index contributed by atoms with van der Waals surface area (Å²) in [5.41, 5.74) is 10.1. The Morgan fingerprint density at radius 3 is 2.14 bits per heavy atom. The number of pyridine rings is 2. The van der Waals surface area contributed by atoms with Crippen LogP contribution < -0.4 is 4.90 Å². The van der Waals surface area contributed by atoms with E-state index in [0.717, 1.165) is 56.1 Å². The molecule has 1 aliphatic heterocycles. The van der Waals surface area contributed by atoms with E-state index < -0.39 is 6.17 Å². The van der Waals surface area contributed by atoms with E-state index in [1.165, 1.54) is 10.9 Å². The molecule has 0 amide bonds. The number of alkyl halides is 1. The first-order chi connectivity index (χ1) is 24.0. The number of para-hydroxylation sites is 2. The fraction of sp³-hybridized carbons (Fsp3) is 0.0909. The molecule has 49 heavy (non-hydrogen) atoms. The van der Waals surface area contributed by atoms with Gasteiger partial charge in [0.25, 0.3) is 0 Å². The smallest absolute Gasteiger partial charge is 0.150 e. The molecule has 3 aromatic heterocycles. The molecule has 0 saturated carbocycles. The molecule has 0 N–H and O–H groups in total. The van der Waals surface area contributed by atoms with Crippen LogP contribution in [0, 0.1) is 0 Å². The van der Waals surface area contributed by atoms with Crippen LogP contribution in [0.2, 0.25) is 0 Å². The predicted molar refractivity (Wildman–Crippen MR) is 198 cm³/mol. The number of hydrogen-bond donors (Lipinski definition) is 0. The summed E-state index contributed by atoms with van der Waals surface area (Å²) >= 11 is 0. The van der Waals surface area contributed by atoms with Crippen molar-refractivity contribution in [2.24, 2.45) is 0 Å². The fourth-order valence-electron chi connectivity index (χ4n) is 7.61. The summed E-state index contributed by atoms with van der Waals surface area (Å²) in [6.45, 7) is 4.54. The van der Waals surface area contributed by atoms with Gasteiger partial charge in [-0.3, -0.25) is 9.88 Å². The molecular weight excluding hydrogens is 604 g/mol. The van der Waals surface area contributed by atoms with Crippen LogP contribution in [0.25, 0.3) is 38.8 Å². The molecule has 0 spiro atoms. The lowest BCUT2D eigenvalue weighted by atomic mass is 9.72. The number of anilines is 3. The minimum Gasteiger partial charge on any atom is -0.307 e. The molecule has 5 heteroatoms. The van der Waals surface area contributed by atoms with Gasteiger partial charge in [0.2, 0.25) is 0 Å². The third kappa shape index (κ3) is 4.57. The van der Waals surface area contributed by atoms with Crippen LogP contribution in [0.3, 0.4) is 0 Å². The van der Waals surface area contributed by atoms with Crippen molar-refractivity contribution in [3.05, 3.63) is 180 Å². The summed E-state index contributed by atoms with van der Waals surface area (Å²) in [5, 5.41) is 2.34. The lowest BCUT2D eigenvalue weighted by Crippen LogP contribution is -2.31. The summed E-state index contributed by atoms with van der Waals surface area (Å²) in [7, 11) is 0. The SMILES string of the molecule is CC1(C)c2ccc(C(F)c3cccc(-c4ccccn4)c3)cc2N(c2ccccn2)c2c1ccc1c3ccccc3n(-c3ccccc3)c21. The van der Waals surface area contributed by atoms with E-state index in [2.05, 4.69) is 95.0 Å². The molecule has 0 fully saturated rings. The van der Waals surface area contributed by atoms with Gasteiger partial charge >= 0.3 is 0 Å². The summed E-state index contributed by atoms with van der Waals surface area (Å²) < 4.78 is 19.1. The second kappa shape index (κ2) is 11.3. The average Bonchev–Trinajstić information content (AvgIpc) is 3.50. The molecule has 5 aromatic carbocycles. The Labute approximate surface area is 284 Å². The molecule has 236 valence electrons. The number of fused-ring (bicyclic) bond motifs is 6. The second-order valence-corrected chi connectivity index (χ2v) is 13.2. The minimum absolute atomic E-state index is 0.384. The topological polar surface area (TPSA) is 34.0 Å². The van der Waals surface area contributed by atoms with Crippen LogP contribution in [-0.4, -0.2) is 14.5 Å². The van der Waals surface area contributed by atoms with Gasteiger partial charge in [-0.2, -0.15) is 0 Å². The van der Waals surface area contributed by atoms with Crippen molar-refractivity contribution in [1.29, 1.82) is 0 Å². The molecule has 9 rings (SSSR count). The molecule has 1 atom stereocenters. The Kier molecular flexibility index (Phi) is 6.70. The number of hydrogen-bond acceptors (Lipinski definition) is 3. The van der Waals surface area contributed by atoms with Gasteiger partial charge in [0.05, 0.1) is 28.1 Å². The van der Waals surface area contributed by atoms with E-state index in [9.17, 15) is 0 Å². The van der Waals surface area contributed by atoms with Crippen molar-refractivity contribution in [3.63, 3.8) is 0 Å². The average molecular weight is 637 g/mol. The number of halogens is 1. The Morgan fingerprint density at radius 2 is 1.35 bits per heavy atom. The monoisotopic (exact) mass is 636 g/mol. The third-order valence-corrected chi connectivity index (χ3v) is 9.97. The first-order valence-corrected chi connectivity index (χ1v) is 16.6. The van der Waals surface area contributed by atoms with Crippen molar-refractivity contribution in [1.82, 2.24) is 14.5 Å². The third-order valence-electron chi connectivity index (χ3n) is 9.97. The van der Waals surface area contributed by atoms with Gasteiger partial charge in [0, 0.05) is 39.8 Å². The van der Waals surface area contributed by atoms with Gasteiger partial charge in [-0.25, -0.2) is 9.37 Å². The van der Waals surface area contributed by atoms with Crippen LogP contribution in [0.1, 0.15) is 42.3 Å². The van der Waals surface area contributed by atoms with E-state index in [1.54, 1.807) is 6.20 Å². The summed E-state index contributed by atoms with van der Waals surface area (Å²) in [6, 6.07) is 49.1. The first kappa shape index (κ1) is 29.1. The van der Waals surface area contributed by atoms with Gasteiger partial charge in [0.1, 0.15) is 5.82 Å². The molecule has 4 heterocycles. The molecule has 0 bridgehead atoms. The zero-order valence-corrected chi connectivity index (χ0v) is 27.3. The molecule has 0 saturated heterocycles. The molecule has 0 radical (unpaired) electrons. The highest BCUT2D eigenvalue weighted by Gasteiger charge is 2.40. The molecule has 1 aliphatic rings. The minimum atomic E-state index is -1.34. The normalized spacial score (nSPS) is 14.1. The highest BCUT2D eigenvalue weighted by atomic mass is 19.1. The van der Waals surface area contributed by atoms with E-state index >= 15 is 4.39 Å². The van der Waals surface area contributed by atoms with Crippen molar-refractivity contribution in [3.8, 4) is 16.9 Å². The molecule has 1 unspecified atom stereocenters. The van der Waals surface area contributed by atoms with Crippen molar-refractivity contribution in [2.75, 3.05) is 4.90 Å². The van der Waals surface area contributed by atoms with Crippen molar-refractivity contribution >= 4 is 39.0 Å². The first-order valence-electron chi connectivity index (χ1n) is 16.6. The van der Waals surface area contributed by atoms with E-state index in [4.69, 9.17) is 4.98 Å². The van der Waals surface area contributed by atoms with Gasteiger partial charge in [-0.1, -0.05) is 105 Å². The Morgan fingerprint density at radius 1 is 0.612 bits per heavy atom. The highest BCUT2D eigenvalue weighted by molar-refractivity contribution is 6.15. The largest absolute Gasteiger partial charge is 0.307 e. The lowest BCUT2D eigenvalue weighted by molar-refractivity contribution is 0.402. The van der Waals surface area contributed by atoms with Gasteiger partial charge < -0.3 is 4.57 Å². The van der Waals surface area contributed by atoms with Crippen molar-refractivity contribution < 1.29 is 4.39 Å². The van der Waals surface area contributed by atoms with Crippen LogP contribution in [-0.2, 0) is 5.41 Å². The maximum absolute atomic E-state index is 16.8. The van der Waals surface area contributed by atoms with Gasteiger partial charge in [0.15, 0.2) is 6.17 Å². The Hall–Kier alpha value is -6.07. The zero-order valence-electron chi connectivity index (χ0n) is 27.3. The maximum atomic E-state index is 16.8. The van der Waals surface area contributed by atoms with Crippen LogP contribution in [0.5, 0.6) is 0 Å². The summed E-state index contributed by atoms with van der Waals surface area (Å²) in [4.78, 5) is 11.6.